The van der Waals surface area contributed by atoms with Crippen LogP contribution in [0.1, 0.15) is 13.3 Å². The second-order valence-electron chi connectivity index (χ2n) is 6.85. The highest BCUT2D eigenvalue weighted by Gasteiger charge is 2.37. The third-order valence-electron chi connectivity index (χ3n) is 5.04. The number of rotatable bonds is 6. The van der Waals surface area contributed by atoms with Gasteiger partial charge in [-0.1, -0.05) is 40.2 Å². The molecule has 3 rings (SSSR count). The first-order valence-electron chi connectivity index (χ1n) is 9.10. The van der Waals surface area contributed by atoms with Crippen molar-refractivity contribution in [2.24, 2.45) is 5.92 Å². The maximum atomic E-state index is 12.7. The fraction of sp³-hybridized carbons (Fsp3) is 0.333. The number of carbonyl (C=O) groups excluding carboxylic acids is 2. The number of hydrogen-bond donors (Lipinski definition) is 1. The number of halogens is 1. The molecule has 1 aliphatic rings. The largest absolute Gasteiger partial charge is 0.370 e. The Hall–Kier alpha value is -2.34. The monoisotopic (exact) mass is 429 g/mol. The van der Waals surface area contributed by atoms with Gasteiger partial charge in [0, 0.05) is 42.0 Å². The average molecular weight is 430 g/mol. The molecule has 2 amide bonds. The van der Waals surface area contributed by atoms with E-state index in [1.807, 2.05) is 61.6 Å². The zero-order chi connectivity index (χ0) is 19.4. The van der Waals surface area contributed by atoms with E-state index in [1.165, 1.54) is 0 Å². The number of para-hydroxylation sites is 1. The minimum Gasteiger partial charge on any atom is -0.370 e. The molecule has 1 aliphatic heterocycles. The van der Waals surface area contributed by atoms with Crippen molar-refractivity contribution in [3.05, 3.63) is 59.1 Å². The summed E-state index contributed by atoms with van der Waals surface area (Å²) in [5, 5.41) is 2.95. The number of carbonyl (C=O) groups is 2. The molecule has 27 heavy (non-hydrogen) atoms. The maximum absolute atomic E-state index is 12.7. The molecule has 2 unspecified atom stereocenters. The van der Waals surface area contributed by atoms with Crippen molar-refractivity contribution in [2.75, 3.05) is 29.9 Å². The van der Waals surface area contributed by atoms with Gasteiger partial charge in [0.1, 0.15) is 5.92 Å². The van der Waals surface area contributed by atoms with E-state index in [-0.39, 0.29) is 17.9 Å². The third kappa shape index (κ3) is 4.50. The van der Waals surface area contributed by atoms with Gasteiger partial charge in [0.25, 0.3) is 0 Å². The van der Waals surface area contributed by atoms with Crippen LogP contribution in [0.3, 0.4) is 0 Å². The highest BCUT2D eigenvalue weighted by atomic mass is 79.9. The molecule has 0 bridgehead atoms. The van der Waals surface area contributed by atoms with E-state index in [4.69, 9.17) is 0 Å². The summed E-state index contributed by atoms with van der Waals surface area (Å²) >= 11 is 3.42. The number of nitrogens with one attached hydrogen (secondary N) is 1. The van der Waals surface area contributed by atoms with Gasteiger partial charge in [-0.05, 0) is 43.7 Å². The molecule has 0 spiro atoms. The molecule has 1 N–H and O–H groups in total. The van der Waals surface area contributed by atoms with Gasteiger partial charge < -0.3 is 15.1 Å². The predicted octanol–water partition coefficient (Wildman–Crippen LogP) is 3.44. The molecule has 6 heteroatoms. The molecule has 1 heterocycles. The predicted molar refractivity (Wildman–Crippen MR) is 112 cm³/mol. The van der Waals surface area contributed by atoms with Gasteiger partial charge in [0.05, 0.1) is 0 Å². The lowest BCUT2D eigenvalue weighted by atomic mass is 10.1. The smallest absolute Gasteiger partial charge is 0.239 e. The minimum absolute atomic E-state index is 0.119. The van der Waals surface area contributed by atoms with Crippen molar-refractivity contribution in [2.45, 2.75) is 19.4 Å². The normalized spacial score (nSPS) is 17.7. The summed E-state index contributed by atoms with van der Waals surface area (Å²) in [6.45, 7) is 3.11. The van der Waals surface area contributed by atoms with Gasteiger partial charge in [0.2, 0.25) is 11.8 Å². The summed E-state index contributed by atoms with van der Waals surface area (Å²) in [6, 6.07) is 17.7. The molecule has 2 aromatic rings. The van der Waals surface area contributed by atoms with Crippen LogP contribution in [0, 0.1) is 5.92 Å². The molecule has 0 saturated carbocycles. The zero-order valence-corrected chi connectivity index (χ0v) is 17.1. The van der Waals surface area contributed by atoms with E-state index >= 15 is 0 Å². The Morgan fingerprint density at radius 1 is 1.26 bits per heavy atom. The van der Waals surface area contributed by atoms with Gasteiger partial charge >= 0.3 is 0 Å². The van der Waals surface area contributed by atoms with E-state index in [0.29, 0.717) is 19.5 Å². The molecule has 0 radical (unpaired) electrons. The molecule has 0 aromatic heterocycles. The molecule has 2 aromatic carbocycles. The van der Waals surface area contributed by atoms with Crippen LogP contribution in [0.2, 0.25) is 0 Å². The Bertz CT molecular complexity index is 812. The first-order valence-corrected chi connectivity index (χ1v) is 9.89. The average Bonchev–Trinajstić information content (AvgIpc) is 3.07. The summed E-state index contributed by atoms with van der Waals surface area (Å²) in [5.41, 5.74) is 1.92. The fourth-order valence-electron chi connectivity index (χ4n) is 3.25. The van der Waals surface area contributed by atoms with Crippen LogP contribution >= 0.6 is 15.9 Å². The summed E-state index contributed by atoms with van der Waals surface area (Å²) in [6.07, 6.45) is 0.542. The van der Waals surface area contributed by atoms with Gasteiger partial charge in [0.15, 0.2) is 0 Å². The van der Waals surface area contributed by atoms with Gasteiger partial charge in [-0.3, -0.25) is 9.59 Å². The number of anilines is 2. The minimum atomic E-state index is -0.613. The SMILES string of the molecule is CC(CNC(=O)C1CCN(c2cccc(Br)c2)C1=O)N(C)c1ccccc1. The van der Waals surface area contributed by atoms with Crippen LogP contribution in [-0.2, 0) is 9.59 Å². The fourth-order valence-corrected chi connectivity index (χ4v) is 3.64. The van der Waals surface area contributed by atoms with E-state index in [9.17, 15) is 9.59 Å². The van der Waals surface area contributed by atoms with Gasteiger partial charge in [-0.15, -0.1) is 0 Å². The maximum Gasteiger partial charge on any atom is 0.239 e. The Kier molecular flexibility index (Phi) is 6.16. The molecule has 142 valence electrons. The number of amides is 2. The number of benzene rings is 2. The molecule has 0 aliphatic carbocycles. The zero-order valence-electron chi connectivity index (χ0n) is 15.6. The second-order valence-corrected chi connectivity index (χ2v) is 7.77. The number of nitrogens with zero attached hydrogens (tertiary/aromatic N) is 2. The van der Waals surface area contributed by atoms with Crippen molar-refractivity contribution < 1.29 is 9.59 Å². The number of hydrogen-bond acceptors (Lipinski definition) is 3. The standard InChI is InChI=1S/C21H24BrN3O2/c1-15(24(2)17-8-4-3-5-9-17)14-23-20(26)19-11-12-25(21(19)27)18-10-6-7-16(22)13-18/h3-10,13,15,19H,11-12,14H2,1-2H3,(H,23,26). The topological polar surface area (TPSA) is 52.7 Å². The highest BCUT2D eigenvalue weighted by molar-refractivity contribution is 9.10. The Morgan fingerprint density at radius 3 is 2.70 bits per heavy atom. The first kappa shape index (κ1) is 19.4. The van der Waals surface area contributed by atoms with Crippen molar-refractivity contribution >= 4 is 39.1 Å². The van der Waals surface area contributed by atoms with E-state index in [1.54, 1.807) is 4.90 Å². The molecular weight excluding hydrogens is 406 g/mol. The molecule has 1 saturated heterocycles. The Labute approximate surface area is 168 Å². The molecule has 5 nitrogen and oxygen atoms in total. The van der Waals surface area contributed by atoms with Gasteiger partial charge in [-0.2, -0.15) is 0 Å². The summed E-state index contributed by atoms with van der Waals surface area (Å²) in [4.78, 5) is 29.1. The lowest BCUT2D eigenvalue weighted by molar-refractivity contribution is -0.132. The van der Waals surface area contributed by atoms with Crippen molar-refractivity contribution in [3.63, 3.8) is 0 Å². The molecule has 1 fully saturated rings. The quantitative estimate of drug-likeness (QED) is 0.715. The third-order valence-corrected chi connectivity index (χ3v) is 5.53. The van der Waals surface area contributed by atoms with Crippen LogP contribution in [0.15, 0.2) is 59.1 Å². The summed E-state index contributed by atoms with van der Waals surface area (Å²) in [5.74, 6) is -0.932. The Morgan fingerprint density at radius 2 is 2.00 bits per heavy atom. The van der Waals surface area contributed by atoms with E-state index in [2.05, 4.69) is 33.1 Å². The second kappa shape index (κ2) is 8.57. The summed E-state index contributed by atoms with van der Waals surface area (Å²) < 4.78 is 0.915. The molecule has 2 atom stereocenters. The van der Waals surface area contributed by atoms with Crippen LogP contribution in [0.5, 0.6) is 0 Å². The van der Waals surface area contributed by atoms with Crippen molar-refractivity contribution in [3.8, 4) is 0 Å². The van der Waals surface area contributed by atoms with Crippen LogP contribution in [0.4, 0.5) is 11.4 Å². The van der Waals surface area contributed by atoms with E-state index in [0.717, 1.165) is 15.8 Å². The summed E-state index contributed by atoms with van der Waals surface area (Å²) in [7, 11) is 2.00. The van der Waals surface area contributed by atoms with Crippen LogP contribution in [-0.4, -0.2) is 38.0 Å². The lowest BCUT2D eigenvalue weighted by Gasteiger charge is -2.27. The Balaban J connectivity index is 1.56. The van der Waals surface area contributed by atoms with Crippen LogP contribution in [0.25, 0.3) is 0 Å². The van der Waals surface area contributed by atoms with Crippen molar-refractivity contribution in [1.29, 1.82) is 0 Å². The number of likely N-dealkylation sites (N-methyl/N-ethyl adjacent to an activating group) is 1. The van der Waals surface area contributed by atoms with Crippen molar-refractivity contribution in [1.82, 2.24) is 5.32 Å². The van der Waals surface area contributed by atoms with Crippen LogP contribution < -0.4 is 15.1 Å². The first-order chi connectivity index (χ1) is 13.0. The molecular formula is C21H24BrN3O2. The van der Waals surface area contributed by atoms with E-state index < -0.39 is 5.92 Å². The van der Waals surface area contributed by atoms with Gasteiger partial charge in [-0.25, -0.2) is 0 Å². The lowest BCUT2D eigenvalue weighted by Crippen LogP contribution is -2.43. The highest BCUT2D eigenvalue weighted by Crippen LogP contribution is 2.27.